The maximum absolute atomic E-state index is 13.0. The van der Waals surface area contributed by atoms with Crippen LogP contribution in [0.3, 0.4) is 0 Å². The van der Waals surface area contributed by atoms with Crippen molar-refractivity contribution in [2.24, 2.45) is 0 Å². The van der Waals surface area contributed by atoms with Gasteiger partial charge in [-0.15, -0.1) is 6.58 Å². The van der Waals surface area contributed by atoms with Crippen LogP contribution in [0.5, 0.6) is 0 Å². The number of halogens is 1. The first-order valence-electron chi connectivity index (χ1n) is 8.72. The maximum Gasteiger partial charge on any atom is 0.226 e. The van der Waals surface area contributed by atoms with E-state index in [1.807, 2.05) is 6.92 Å². The van der Waals surface area contributed by atoms with E-state index in [4.69, 9.17) is 13.9 Å². The minimum absolute atomic E-state index is 0.175. The average molecular weight is 345 g/mol. The number of ether oxygens (including phenoxy) is 2. The first-order chi connectivity index (χ1) is 12.2. The van der Waals surface area contributed by atoms with Crippen molar-refractivity contribution in [3.8, 4) is 11.5 Å². The number of nitrogens with zero attached hydrogens (tertiary/aromatic N) is 1. The van der Waals surface area contributed by atoms with Crippen LogP contribution in [0.25, 0.3) is 11.5 Å². The highest BCUT2D eigenvalue weighted by atomic mass is 19.1. The number of aryl methyl sites for hydroxylation is 1. The van der Waals surface area contributed by atoms with Gasteiger partial charge >= 0.3 is 0 Å². The molecule has 0 radical (unpaired) electrons. The summed E-state index contributed by atoms with van der Waals surface area (Å²) in [5.41, 5.74) is 1.54. The van der Waals surface area contributed by atoms with Gasteiger partial charge in [-0.05, 0) is 56.9 Å². The van der Waals surface area contributed by atoms with E-state index in [1.54, 1.807) is 18.2 Å². The Hall–Kier alpha value is -1.98. The molecule has 0 spiro atoms. The molecular formula is C20H24FNO3. The quantitative estimate of drug-likeness (QED) is 0.675. The molecule has 2 atom stereocenters. The minimum Gasteiger partial charge on any atom is -0.441 e. The van der Waals surface area contributed by atoms with E-state index in [9.17, 15) is 4.39 Å². The van der Waals surface area contributed by atoms with Crippen LogP contribution in [0.15, 0.2) is 41.3 Å². The predicted octanol–water partition coefficient (Wildman–Crippen LogP) is 4.82. The molecule has 1 aliphatic rings. The molecule has 0 N–H and O–H groups in total. The van der Waals surface area contributed by atoms with Gasteiger partial charge in [0.25, 0.3) is 0 Å². The van der Waals surface area contributed by atoms with Gasteiger partial charge in [-0.25, -0.2) is 9.37 Å². The fourth-order valence-electron chi connectivity index (χ4n) is 3.08. The largest absolute Gasteiger partial charge is 0.441 e. The molecule has 2 unspecified atom stereocenters. The molecule has 1 aromatic carbocycles. The molecule has 1 saturated carbocycles. The molecule has 1 aliphatic carbocycles. The molecule has 1 aromatic heterocycles. The smallest absolute Gasteiger partial charge is 0.226 e. The lowest BCUT2D eigenvalue weighted by Gasteiger charge is -2.28. The van der Waals surface area contributed by atoms with Crippen molar-refractivity contribution in [3.05, 3.63) is 54.2 Å². The van der Waals surface area contributed by atoms with Gasteiger partial charge in [0.15, 0.2) is 0 Å². The molecule has 134 valence electrons. The van der Waals surface area contributed by atoms with Crippen molar-refractivity contribution < 1.29 is 18.3 Å². The van der Waals surface area contributed by atoms with E-state index in [0.717, 1.165) is 42.7 Å². The van der Waals surface area contributed by atoms with Crippen molar-refractivity contribution in [1.82, 2.24) is 4.98 Å². The number of oxazole rings is 1. The Morgan fingerprint density at radius 1 is 1.24 bits per heavy atom. The van der Waals surface area contributed by atoms with Crippen LogP contribution in [0, 0.1) is 12.7 Å². The van der Waals surface area contributed by atoms with Crippen LogP contribution in [0.1, 0.15) is 37.1 Å². The second-order valence-electron chi connectivity index (χ2n) is 6.37. The lowest BCUT2D eigenvalue weighted by Crippen LogP contribution is -2.28. The van der Waals surface area contributed by atoms with Crippen LogP contribution < -0.4 is 0 Å². The summed E-state index contributed by atoms with van der Waals surface area (Å²) in [5, 5.41) is 0. The van der Waals surface area contributed by atoms with Gasteiger partial charge < -0.3 is 13.9 Å². The summed E-state index contributed by atoms with van der Waals surface area (Å²) in [7, 11) is 0. The van der Waals surface area contributed by atoms with Crippen molar-refractivity contribution in [1.29, 1.82) is 0 Å². The minimum atomic E-state index is -0.277. The molecule has 0 bridgehead atoms. The summed E-state index contributed by atoms with van der Waals surface area (Å²) < 4.78 is 30.5. The highest BCUT2D eigenvalue weighted by molar-refractivity contribution is 5.53. The maximum atomic E-state index is 13.0. The Bertz CT molecular complexity index is 695. The van der Waals surface area contributed by atoms with E-state index < -0.39 is 0 Å². The second kappa shape index (κ2) is 8.41. The van der Waals surface area contributed by atoms with Gasteiger partial charge in [0.05, 0.1) is 25.4 Å². The van der Waals surface area contributed by atoms with Crippen molar-refractivity contribution in [2.45, 2.75) is 51.4 Å². The third-order valence-electron chi connectivity index (χ3n) is 4.47. The Morgan fingerprint density at radius 3 is 2.68 bits per heavy atom. The average Bonchev–Trinajstić information content (AvgIpc) is 3.00. The third-order valence-corrected chi connectivity index (χ3v) is 4.47. The molecule has 4 nitrogen and oxygen atoms in total. The van der Waals surface area contributed by atoms with Crippen molar-refractivity contribution in [2.75, 3.05) is 6.61 Å². The number of hydrogen-bond donors (Lipinski definition) is 0. The highest BCUT2D eigenvalue weighted by Crippen LogP contribution is 2.26. The van der Waals surface area contributed by atoms with Crippen LogP contribution in [0.2, 0.25) is 0 Å². The fourth-order valence-corrected chi connectivity index (χ4v) is 3.08. The lowest BCUT2D eigenvalue weighted by molar-refractivity contribution is -0.0448. The second-order valence-corrected chi connectivity index (χ2v) is 6.37. The van der Waals surface area contributed by atoms with E-state index in [0.29, 0.717) is 19.1 Å². The SMILES string of the molecule is C=CCOC1CCCC(OCc2nc(-c3ccc(F)cc3)oc2C)C1. The van der Waals surface area contributed by atoms with Gasteiger partial charge in [0, 0.05) is 5.56 Å². The fraction of sp³-hybridized carbons (Fsp3) is 0.450. The summed E-state index contributed by atoms with van der Waals surface area (Å²) >= 11 is 0. The molecular weight excluding hydrogens is 321 g/mol. The van der Waals surface area contributed by atoms with Crippen molar-refractivity contribution >= 4 is 0 Å². The Labute approximate surface area is 147 Å². The number of hydrogen-bond acceptors (Lipinski definition) is 4. The van der Waals surface area contributed by atoms with Gasteiger partial charge in [0.1, 0.15) is 17.3 Å². The Morgan fingerprint density at radius 2 is 1.96 bits per heavy atom. The summed E-state index contributed by atoms with van der Waals surface area (Å²) in [5.74, 6) is 0.947. The topological polar surface area (TPSA) is 44.5 Å². The van der Waals surface area contributed by atoms with E-state index >= 15 is 0 Å². The van der Waals surface area contributed by atoms with E-state index in [2.05, 4.69) is 11.6 Å². The van der Waals surface area contributed by atoms with Gasteiger partial charge in [-0.3, -0.25) is 0 Å². The molecule has 1 fully saturated rings. The summed E-state index contributed by atoms with van der Waals surface area (Å²) in [6.07, 6.45) is 6.31. The molecule has 25 heavy (non-hydrogen) atoms. The zero-order valence-electron chi connectivity index (χ0n) is 14.5. The predicted molar refractivity (Wildman–Crippen MR) is 93.6 cm³/mol. The zero-order chi connectivity index (χ0) is 17.6. The monoisotopic (exact) mass is 345 g/mol. The van der Waals surface area contributed by atoms with Crippen LogP contribution in [-0.4, -0.2) is 23.8 Å². The third kappa shape index (κ3) is 4.77. The number of rotatable bonds is 7. The van der Waals surface area contributed by atoms with Crippen LogP contribution >= 0.6 is 0 Å². The molecule has 0 aliphatic heterocycles. The first kappa shape index (κ1) is 17.8. The molecule has 2 aromatic rings. The zero-order valence-corrected chi connectivity index (χ0v) is 14.5. The Kier molecular flexibility index (Phi) is 6.00. The van der Waals surface area contributed by atoms with E-state index in [-0.39, 0.29) is 18.0 Å². The van der Waals surface area contributed by atoms with Gasteiger partial charge in [-0.1, -0.05) is 6.08 Å². The molecule has 1 heterocycles. The first-order valence-corrected chi connectivity index (χ1v) is 8.72. The van der Waals surface area contributed by atoms with Crippen LogP contribution in [-0.2, 0) is 16.1 Å². The summed E-state index contributed by atoms with van der Waals surface area (Å²) in [4.78, 5) is 4.50. The molecule has 0 saturated heterocycles. The normalized spacial score (nSPS) is 20.6. The number of aromatic nitrogens is 1. The van der Waals surface area contributed by atoms with Crippen LogP contribution in [0.4, 0.5) is 4.39 Å². The number of benzene rings is 1. The summed E-state index contributed by atoms with van der Waals surface area (Å²) in [6, 6.07) is 6.12. The Balaban J connectivity index is 1.58. The van der Waals surface area contributed by atoms with E-state index in [1.165, 1.54) is 12.1 Å². The summed E-state index contributed by atoms with van der Waals surface area (Å²) in [6.45, 7) is 6.55. The molecule has 0 amide bonds. The molecule has 5 heteroatoms. The van der Waals surface area contributed by atoms with Crippen molar-refractivity contribution in [3.63, 3.8) is 0 Å². The van der Waals surface area contributed by atoms with Gasteiger partial charge in [0.2, 0.25) is 5.89 Å². The highest BCUT2D eigenvalue weighted by Gasteiger charge is 2.23. The standard InChI is InChI=1S/C20H24FNO3/c1-3-11-23-17-5-4-6-18(12-17)24-13-19-14(2)25-20(22-19)15-7-9-16(21)10-8-15/h3,7-10,17-18H,1,4-6,11-13H2,2H3. The lowest BCUT2D eigenvalue weighted by atomic mass is 9.95. The van der Waals surface area contributed by atoms with Gasteiger partial charge in [-0.2, -0.15) is 0 Å². The molecule has 3 rings (SSSR count).